The molecule has 0 atom stereocenters. The number of hydrogen-bond donors (Lipinski definition) is 0. The molecule has 0 fully saturated rings. The zero-order chi connectivity index (χ0) is 85.3. The number of rotatable bonds is 10. The molecule has 0 unspecified atom stereocenters. The molecule has 0 saturated carbocycles. The number of para-hydroxylation sites is 9. The molecule has 0 radical (unpaired) electrons. The van der Waals surface area contributed by atoms with E-state index in [2.05, 4.69) is 21.3 Å². The van der Waals surface area contributed by atoms with Crippen LogP contribution >= 0.6 is 0 Å². The molecule has 17 aromatic carbocycles. The highest BCUT2D eigenvalue weighted by Crippen LogP contribution is 2.55. The average molecular weight is 1670 g/mol. The van der Waals surface area contributed by atoms with Crippen LogP contribution in [0.3, 0.4) is 0 Å². The van der Waals surface area contributed by atoms with E-state index in [1.807, 2.05) is 271 Å². The smallest absolute Gasteiger partial charge is 0.256 e. The molecule has 20 heteroatoms. The number of nitrogens with zero attached hydrogens (tertiary/aromatic N) is 7. The van der Waals surface area contributed by atoms with E-state index < -0.39 is 89.4 Å². The van der Waals surface area contributed by atoms with Crippen LogP contribution in [0.2, 0.25) is 0 Å². The van der Waals surface area contributed by atoms with Gasteiger partial charge in [-0.15, -0.1) is 0 Å². The first kappa shape index (κ1) is 73.3. The summed E-state index contributed by atoms with van der Waals surface area (Å²) in [5.41, 5.74) is 12.6. The van der Waals surface area contributed by atoms with Crippen LogP contribution in [-0.4, -0.2) is 33.8 Å². The third kappa shape index (κ3) is 10.6. The Hall–Kier alpha value is -16.2. The van der Waals surface area contributed by atoms with Gasteiger partial charge in [-0.2, -0.15) is 0 Å². The van der Waals surface area contributed by atoms with E-state index in [0.29, 0.717) is 112 Å². The van der Waals surface area contributed by atoms with Crippen molar-refractivity contribution >= 4 is 170 Å². The van der Waals surface area contributed by atoms with Gasteiger partial charge in [0.2, 0.25) is 0 Å². The predicted octanol–water partition coefficient (Wildman–Crippen LogP) is 22.5. The summed E-state index contributed by atoms with van der Waals surface area (Å²) in [6.45, 7) is -2.90. The van der Waals surface area contributed by atoms with Crippen molar-refractivity contribution < 1.29 is 44.6 Å². The lowest BCUT2D eigenvalue weighted by Gasteiger charge is -2.47. The molecule has 0 saturated heterocycles. The quantitative estimate of drug-likeness (QED) is 0.100. The van der Waals surface area contributed by atoms with Gasteiger partial charge in [0, 0.05) is 73.8 Å². The molecule has 9 nitrogen and oxygen atoms in total. The maximum Gasteiger partial charge on any atom is 0.256 e. The van der Waals surface area contributed by atoms with E-state index in [9.17, 15) is 0 Å². The topological polar surface area (TPSA) is 46.2 Å². The second kappa shape index (κ2) is 27.6. The first-order valence-electron chi connectivity index (χ1n) is 42.2. The summed E-state index contributed by atoms with van der Waals surface area (Å²) in [5.74, 6) is -6.12. The Morgan fingerprint density at radius 3 is 0.766 bits per heavy atom. The van der Waals surface area contributed by atoms with E-state index in [4.69, 9.17) is 9.47 Å². The largest absolute Gasteiger partial charge is 0.458 e. The van der Waals surface area contributed by atoms with Crippen molar-refractivity contribution in [2.45, 2.75) is 0 Å². The summed E-state index contributed by atoms with van der Waals surface area (Å²) in [5, 5.41) is 2.62. The van der Waals surface area contributed by atoms with Crippen molar-refractivity contribution in [3.05, 3.63) is 411 Å². The monoisotopic (exact) mass is 1670 g/mol. The lowest BCUT2D eigenvalue weighted by Crippen LogP contribution is -2.66. The molecule has 0 aliphatic carbocycles. The van der Waals surface area contributed by atoms with Gasteiger partial charge in [-0.05, 0) is 199 Å². The second-order valence-electron chi connectivity index (χ2n) is 33.2. The lowest BCUT2D eigenvalue weighted by atomic mass is 9.29. The van der Waals surface area contributed by atoms with Crippen LogP contribution < -0.4 is 78.2 Å². The zero-order valence-electron chi connectivity index (χ0n) is 67.3. The normalized spacial score (nSPS) is 13.3. The predicted molar refractivity (Wildman–Crippen MR) is 499 cm³/mol. The Balaban J connectivity index is 0.821. The van der Waals surface area contributed by atoms with Crippen molar-refractivity contribution in [2.24, 2.45) is 0 Å². The van der Waals surface area contributed by atoms with Gasteiger partial charge in [0.25, 0.3) is 20.1 Å². The van der Waals surface area contributed by atoms with Crippen LogP contribution in [0.5, 0.6) is 23.0 Å². The minimum absolute atomic E-state index is 0.131. The lowest BCUT2D eigenvalue weighted by molar-refractivity contribution is 0.487. The Labute approximate surface area is 728 Å². The molecule has 20 aromatic rings. The number of halogens is 8. The van der Waals surface area contributed by atoms with Gasteiger partial charge in [-0.1, -0.05) is 218 Å². The molecule has 0 bridgehead atoms. The molecule has 0 N–H and O–H groups in total. The van der Waals surface area contributed by atoms with Crippen LogP contribution in [0, 0.1) is 46.5 Å². The van der Waals surface area contributed by atoms with E-state index >= 15 is 35.1 Å². The van der Waals surface area contributed by atoms with Crippen LogP contribution in [0.4, 0.5) is 103 Å². The SMILES string of the molecule is Fc1cccc(F)c1N1c2cc3c(cc2B2c4ccccc4Oc4cc(-n5c(-c6ccccc6)cc6ccccc65)cc1c42)B1c2cc4c(cc2N(c2c(F)cccc2F)c2cc(-n5c(-c6ccccc6)cc6ccccc65)cc(c21)N3c1c(F)cccc1F)N(c1c(F)cccc1F)c1cc(-n2c(-c3ccccc3)cc3ccccc32)cc2c1B4c1ccccc1O2. The van der Waals surface area contributed by atoms with Gasteiger partial charge in [0.1, 0.15) is 92.3 Å². The number of benzene rings is 17. The molecule has 0 amide bonds. The molecule has 0 spiro atoms. The van der Waals surface area contributed by atoms with E-state index in [-0.39, 0.29) is 34.1 Å². The number of fused-ring (bicyclic) bond motifs is 15. The summed E-state index contributed by atoms with van der Waals surface area (Å²) in [6, 6.07) is 108. The van der Waals surface area contributed by atoms with Gasteiger partial charge in [-0.3, -0.25) is 0 Å². The number of ether oxygens (including phenoxy) is 2. The van der Waals surface area contributed by atoms with Crippen LogP contribution in [0.1, 0.15) is 0 Å². The number of hydrogen-bond acceptors (Lipinski definition) is 6. The van der Waals surface area contributed by atoms with Crippen molar-refractivity contribution in [1.82, 2.24) is 13.7 Å². The molecule has 3 aromatic heterocycles. The Morgan fingerprint density at radius 1 is 0.195 bits per heavy atom. The highest BCUT2D eigenvalue weighted by atomic mass is 19.2. The van der Waals surface area contributed by atoms with Gasteiger partial charge >= 0.3 is 0 Å². The second-order valence-corrected chi connectivity index (χ2v) is 33.2. The van der Waals surface area contributed by atoms with E-state index in [0.717, 1.165) is 79.5 Å². The third-order valence-corrected chi connectivity index (χ3v) is 26.4. The highest BCUT2D eigenvalue weighted by molar-refractivity contribution is 7.04. The van der Waals surface area contributed by atoms with Crippen molar-refractivity contribution in [3.63, 3.8) is 0 Å². The summed E-state index contributed by atoms with van der Waals surface area (Å²) in [4.78, 5) is 6.13. The van der Waals surface area contributed by atoms with Gasteiger partial charge in [-0.25, -0.2) is 35.1 Å². The number of aromatic nitrogens is 3. The van der Waals surface area contributed by atoms with Gasteiger partial charge in [0.05, 0.1) is 50.7 Å². The van der Waals surface area contributed by atoms with Crippen LogP contribution in [0.15, 0.2) is 364 Å². The molecule has 604 valence electrons. The van der Waals surface area contributed by atoms with E-state index in [1.54, 1.807) is 21.9 Å². The average Bonchev–Trinajstić information content (AvgIpc) is 0.880. The van der Waals surface area contributed by atoms with Crippen molar-refractivity contribution in [2.75, 3.05) is 19.6 Å². The zero-order valence-corrected chi connectivity index (χ0v) is 67.3. The minimum Gasteiger partial charge on any atom is -0.458 e. The van der Waals surface area contributed by atoms with Crippen LogP contribution in [-0.2, 0) is 0 Å². The fraction of sp³-hybridized carbons (Fsp3) is 0. The first-order chi connectivity index (χ1) is 62.8. The fourth-order valence-electron chi connectivity index (χ4n) is 21.3. The summed E-state index contributed by atoms with van der Waals surface area (Å²) >= 11 is 0. The minimum atomic E-state index is -1.19. The molecule has 26 rings (SSSR count). The van der Waals surface area contributed by atoms with E-state index in [1.165, 1.54) is 58.3 Å². The standard InChI is InChI=1S/C108H60B3F8N7O2/c112-76-35-20-36-77(113)105(76)123-92-59-90-72(109-70-33-13-18-46-98(70)127-100-55-68(53-96(103(100)109)125(90)107-80(116)39-22-40-81(107)117)121-85-44-16-11-31-65(85)49-88(121)62-26-6-2-7-27-62)57-74(92)111-75-58-73-91(60-93(75)124(106-78(114)37-21-38-79(106)115)95-52-67(51-94(123)102(95)111)120-84-43-15-10-30-64(84)48-87(120)61-24-4-1-5-25-61)126(108-82(118)41-23-42-83(108)119)97-54-69(56-101-104(97)110(73)71-34-14-19-47-99(71)128-101)122-86-45-17-12-32-66(86)50-89(122)63-28-8-3-9-29-63/h1-60H. The molecule has 128 heavy (non-hydrogen) atoms. The van der Waals surface area contributed by atoms with Crippen molar-refractivity contribution in [1.29, 1.82) is 0 Å². The molecular weight excluding hydrogens is 1610 g/mol. The maximum absolute atomic E-state index is 18.7. The van der Waals surface area contributed by atoms with Gasteiger partial charge < -0.3 is 42.8 Å². The summed E-state index contributed by atoms with van der Waals surface area (Å²) in [7, 11) is 0. The molecular formula is C108H60B3F8N7O2. The number of anilines is 12. The Kier molecular flexibility index (Phi) is 15.8. The third-order valence-electron chi connectivity index (χ3n) is 26.4. The molecule has 6 aliphatic rings. The molecule has 9 heterocycles. The highest BCUT2D eigenvalue weighted by Gasteiger charge is 2.53. The molecule has 6 aliphatic heterocycles. The fourth-order valence-corrected chi connectivity index (χ4v) is 21.3. The Morgan fingerprint density at radius 2 is 0.453 bits per heavy atom. The summed E-state index contributed by atoms with van der Waals surface area (Å²) < 4.78 is 169. The summed E-state index contributed by atoms with van der Waals surface area (Å²) in [6.07, 6.45) is 0. The Bertz CT molecular complexity index is 7730. The maximum atomic E-state index is 18.7. The van der Waals surface area contributed by atoms with Crippen molar-refractivity contribution in [3.8, 4) is 73.8 Å². The first-order valence-corrected chi connectivity index (χ1v) is 42.2. The van der Waals surface area contributed by atoms with Gasteiger partial charge in [0.15, 0.2) is 0 Å². The van der Waals surface area contributed by atoms with Crippen LogP contribution in [0.25, 0.3) is 83.5 Å².